The Balaban J connectivity index is 1.77. The van der Waals surface area contributed by atoms with Gasteiger partial charge in [-0.25, -0.2) is 8.78 Å². The second-order valence-electron chi connectivity index (χ2n) is 6.02. The molecule has 1 aromatic heterocycles. The minimum absolute atomic E-state index is 0.111. The Labute approximate surface area is 138 Å². The summed E-state index contributed by atoms with van der Waals surface area (Å²) in [5, 5.41) is 3.87. The third-order valence-electron chi connectivity index (χ3n) is 4.07. The third-order valence-corrected chi connectivity index (χ3v) is 4.07. The van der Waals surface area contributed by atoms with Crippen LogP contribution in [0, 0.1) is 11.6 Å². The molecular weight excluding hydrogens is 318 g/mol. The van der Waals surface area contributed by atoms with Crippen molar-refractivity contribution in [2.24, 2.45) is 0 Å². The van der Waals surface area contributed by atoms with E-state index in [0.717, 1.165) is 18.9 Å². The van der Waals surface area contributed by atoms with Crippen LogP contribution in [0.4, 0.5) is 14.7 Å². The van der Waals surface area contributed by atoms with E-state index in [0.29, 0.717) is 24.9 Å². The predicted octanol–water partition coefficient (Wildman–Crippen LogP) is 2.43. The van der Waals surface area contributed by atoms with Crippen molar-refractivity contribution in [3.05, 3.63) is 41.3 Å². The molecule has 1 saturated heterocycles. The molecule has 0 aliphatic carbocycles. The summed E-state index contributed by atoms with van der Waals surface area (Å²) in [5.74, 6) is -1.86. The zero-order valence-corrected chi connectivity index (χ0v) is 13.5. The van der Waals surface area contributed by atoms with Gasteiger partial charge in [-0.15, -0.1) is 0 Å². The maximum absolute atomic E-state index is 13.9. The van der Waals surface area contributed by atoms with Gasteiger partial charge in [0.2, 0.25) is 5.89 Å². The summed E-state index contributed by atoms with van der Waals surface area (Å²) >= 11 is 0. The van der Waals surface area contributed by atoms with E-state index >= 15 is 0 Å². The average Bonchev–Trinajstić information content (AvgIpc) is 3.07. The van der Waals surface area contributed by atoms with E-state index in [-0.39, 0.29) is 11.5 Å². The first kappa shape index (κ1) is 16.4. The van der Waals surface area contributed by atoms with Crippen LogP contribution in [0.5, 0.6) is 0 Å². The van der Waals surface area contributed by atoms with Crippen molar-refractivity contribution in [2.75, 3.05) is 32.1 Å². The van der Waals surface area contributed by atoms with Crippen LogP contribution in [0.15, 0.2) is 22.7 Å². The van der Waals surface area contributed by atoms with Crippen LogP contribution in [0.25, 0.3) is 0 Å². The maximum atomic E-state index is 13.9. The fraction of sp³-hybridized carbons (Fsp3) is 0.438. The van der Waals surface area contributed by atoms with Crippen molar-refractivity contribution < 1.29 is 18.1 Å². The van der Waals surface area contributed by atoms with Gasteiger partial charge < -0.3 is 14.3 Å². The normalized spacial score (nSPS) is 17.8. The highest BCUT2D eigenvalue weighted by Gasteiger charge is 2.30. The van der Waals surface area contributed by atoms with Gasteiger partial charge >= 0.3 is 0 Å². The van der Waals surface area contributed by atoms with E-state index in [1.807, 2.05) is 0 Å². The number of likely N-dealkylation sites (tertiary alicyclic amines) is 1. The Morgan fingerprint density at radius 1 is 1.38 bits per heavy atom. The zero-order valence-electron chi connectivity index (χ0n) is 13.5. The van der Waals surface area contributed by atoms with Crippen molar-refractivity contribution in [3.8, 4) is 0 Å². The molecule has 0 N–H and O–H groups in total. The van der Waals surface area contributed by atoms with Gasteiger partial charge in [0.15, 0.2) is 11.6 Å². The number of nitrogens with zero attached hydrogens (tertiary/aromatic N) is 4. The third kappa shape index (κ3) is 3.08. The van der Waals surface area contributed by atoms with Crippen LogP contribution >= 0.6 is 0 Å². The number of hydrogen-bond donors (Lipinski definition) is 0. The Morgan fingerprint density at radius 2 is 2.17 bits per heavy atom. The molecule has 2 aromatic rings. The standard InChI is InChI=1S/C16H18F2N4O2/c1-21(2)16-19-14(24-20-16)10-5-4-8-22(9-10)15(23)11-6-3-7-12(17)13(11)18/h3,6-7,10H,4-5,8-9H2,1-2H3. The number of amides is 1. The minimum Gasteiger partial charge on any atom is -0.344 e. The Kier molecular flexibility index (Phi) is 4.46. The first-order chi connectivity index (χ1) is 11.5. The SMILES string of the molecule is CN(C)c1noc(C2CCCN(C(=O)c3cccc(F)c3F)C2)n1. The molecule has 1 fully saturated rings. The fourth-order valence-electron chi connectivity index (χ4n) is 2.78. The molecular formula is C16H18F2N4O2. The smallest absolute Gasteiger partial charge is 0.265 e. The zero-order chi connectivity index (χ0) is 17.3. The lowest BCUT2D eigenvalue weighted by molar-refractivity contribution is 0.0690. The highest BCUT2D eigenvalue weighted by Crippen LogP contribution is 2.28. The van der Waals surface area contributed by atoms with Gasteiger partial charge in [0.05, 0.1) is 11.5 Å². The van der Waals surface area contributed by atoms with Crippen LogP contribution < -0.4 is 4.90 Å². The van der Waals surface area contributed by atoms with Gasteiger partial charge in [0.1, 0.15) is 0 Å². The molecule has 1 aliphatic heterocycles. The van der Waals surface area contributed by atoms with E-state index in [1.54, 1.807) is 19.0 Å². The number of rotatable bonds is 3. The van der Waals surface area contributed by atoms with Crippen LogP contribution in [-0.2, 0) is 0 Å². The summed E-state index contributed by atoms with van der Waals surface area (Å²) in [4.78, 5) is 20.0. The van der Waals surface area contributed by atoms with Gasteiger partial charge in [-0.1, -0.05) is 6.07 Å². The van der Waals surface area contributed by atoms with E-state index in [4.69, 9.17) is 4.52 Å². The second-order valence-corrected chi connectivity index (χ2v) is 6.02. The Morgan fingerprint density at radius 3 is 2.88 bits per heavy atom. The molecule has 8 heteroatoms. The predicted molar refractivity (Wildman–Crippen MR) is 82.9 cm³/mol. The largest absolute Gasteiger partial charge is 0.344 e. The number of piperidine rings is 1. The van der Waals surface area contributed by atoms with E-state index in [2.05, 4.69) is 10.1 Å². The van der Waals surface area contributed by atoms with Crippen molar-refractivity contribution in [2.45, 2.75) is 18.8 Å². The quantitative estimate of drug-likeness (QED) is 0.861. The van der Waals surface area contributed by atoms with Gasteiger partial charge in [-0.2, -0.15) is 4.98 Å². The van der Waals surface area contributed by atoms with Gasteiger partial charge in [0.25, 0.3) is 11.9 Å². The molecule has 24 heavy (non-hydrogen) atoms. The number of carbonyl (C=O) groups excluding carboxylic acids is 1. The molecule has 2 heterocycles. The van der Waals surface area contributed by atoms with Crippen LogP contribution in [0.3, 0.4) is 0 Å². The van der Waals surface area contributed by atoms with E-state index in [1.165, 1.54) is 17.0 Å². The molecule has 128 valence electrons. The molecule has 0 radical (unpaired) electrons. The highest BCUT2D eigenvalue weighted by atomic mass is 19.2. The van der Waals surface area contributed by atoms with Gasteiger partial charge in [-0.3, -0.25) is 4.79 Å². The molecule has 6 nitrogen and oxygen atoms in total. The van der Waals surface area contributed by atoms with E-state index < -0.39 is 17.5 Å². The average molecular weight is 336 g/mol. The molecule has 1 aliphatic rings. The van der Waals surface area contributed by atoms with Gasteiger partial charge in [0, 0.05) is 27.2 Å². The lowest BCUT2D eigenvalue weighted by atomic mass is 9.97. The van der Waals surface area contributed by atoms with Gasteiger partial charge in [-0.05, 0) is 30.1 Å². The summed E-state index contributed by atoms with van der Waals surface area (Å²) in [5.41, 5.74) is -0.254. The van der Waals surface area contributed by atoms with Crippen molar-refractivity contribution >= 4 is 11.9 Å². The van der Waals surface area contributed by atoms with E-state index in [9.17, 15) is 13.6 Å². The number of anilines is 1. The summed E-state index contributed by atoms with van der Waals surface area (Å²) in [7, 11) is 3.61. The first-order valence-electron chi connectivity index (χ1n) is 7.71. The maximum Gasteiger partial charge on any atom is 0.265 e. The number of hydrogen-bond acceptors (Lipinski definition) is 5. The summed E-state index contributed by atoms with van der Waals surface area (Å²) in [6.07, 6.45) is 1.53. The molecule has 0 bridgehead atoms. The van der Waals surface area contributed by atoms with Crippen LogP contribution in [0.2, 0.25) is 0 Å². The lowest BCUT2D eigenvalue weighted by Gasteiger charge is -2.31. The van der Waals surface area contributed by atoms with Crippen molar-refractivity contribution in [3.63, 3.8) is 0 Å². The molecule has 1 unspecified atom stereocenters. The molecule has 1 aromatic carbocycles. The van der Waals surface area contributed by atoms with Crippen molar-refractivity contribution in [1.82, 2.24) is 15.0 Å². The lowest BCUT2D eigenvalue weighted by Crippen LogP contribution is -2.39. The molecule has 1 amide bonds. The summed E-state index contributed by atoms with van der Waals surface area (Å²) < 4.78 is 32.5. The number of benzene rings is 1. The Bertz CT molecular complexity index is 747. The summed E-state index contributed by atoms with van der Waals surface area (Å²) in [6.45, 7) is 0.823. The van der Waals surface area contributed by atoms with Crippen molar-refractivity contribution in [1.29, 1.82) is 0 Å². The fourth-order valence-corrected chi connectivity index (χ4v) is 2.78. The first-order valence-corrected chi connectivity index (χ1v) is 7.71. The monoisotopic (exact) mass is 336 g/mol. The second kappa shape index (κ2) is 6.54. The minimum atomic E-state index is -1.11. The number of halogens is 2. The topological polar surface area (TPSA) is 62.5 Å². The molecule has 1 atom stereocenters. The Hall–Kier alpha value is -2.51. The highest BCUT2D eigenvalue weighted by molar-refractivity contribution is 5.94. The number of carbonyl (C=O) groups is 1. The van der Waals surface area contributed by atoms with Crippen LogP contribution in [-0.4, -0.2) is 48.1 Å². The molecule has 3 rings (SSSR count). The number of aromatic nitrogens is 2. The molecule has 0 spiro atoms. The molecule has 0 saturated carbocycles. The summed E-state index contributed by atoms with van der Waals surface area (Å²) in [6, 6.07) is 3.61. The van der Waals surface area contributed by atoms with Crippen LogP contribution in [0.1, 0.15) is 35.0 Å².